The molecule has 6 aromatic carbocycles. The third-order valence-corrected chi connectivity index (χ3v) is 9.37. The molecule has 0 atom stereocenters. The number of pyridine rings is 1. The summed E-state index contributed by atoms with van der Waals surface area (Å²) in [6.07, 6.45) is 1.81. The molecule has 0 radical (unpaired) electrons. The Morgan fingerprint density at radius 3 is 2.02 bits per heavy atom. The normalized spacial score (nSPS) is 13.4. The van der Waals surface area contributed by atoms with Crippen LogP contribution in [0.5, 0.6) is 0 Å². The lowest BCUT2D eigenvalue weighted by molar-refractivity contribution is 0.620. The van der Waals surface area contributed by atoms with Crippen LogP contribution in [0.3, 0.4) is 0 Å². The van der Waals surface area contributed by atoms with Crippen LogP contribution in [0.4, 0.5) is 0 Å². The van der Waals surface area contributed by atoms with Gasteiger partial charge in [-0.15, -0.1) is 0 Å². The highest BCUT2D eigenvalue weighted by molar-refractivity contribution is 6.06. The first kappa shape index (κ1) is 25.0. The number of fused-ring (bicyclic) bond motifs is 6. The summed E-state index contributed by atoms with van der Waals surface area (Å²) >= 11 is 0. The first-order valence-electron chi connectivity index (χ1n) is 15.1. The SMILES string of the molecule is CC1(C)c2ccccc2-c2ccc(-c3ccc(-c4ccc5nc(-c6ccc7ncccc7c6)oc5c4)c4ccccc34)cc21. The van der Waals surface area contributed by atoms with Gasteiger partial charge in [-0.05, 0) is 97.7 Å². The summed E-state index contributed by atoms with van der Waals surface area (Å²) in [7, 11) is 0. The Morgan fingerprint density at radius 1 is 0.523 bits per heavy atom. The van der Waals surface area contributed by atoms with Gasteiger partial charge in [-0.1, -0.05) is 98.8 Å². The monoisotopic (exact) mass is 564 g/mol. The predicted molar refractivity (Wildman–Crippen MR) is 181 cm³/mol. The second-order valence-corrected chi connectivity index (χ2v) is 12.2. The van der Waals surface area contributed by atoms with E-state index in [1.165, 1.54) is 49.7 Å². The first-order valence-corrected chi connectivity index (χ1v) is 15.1. The molecule has 0 N–H and O–H groups in total. The van der Waals surface area contributed by atoms with Crippen molar-refractivity contribution >= 4 is 32.8 Å². The maximum atomic E-state index is 6.33. The van der Waals surface area contributed by atoms with E-state index in [-0.39, 0.29) is 5.41 Å². The Kier molecular flexibility index (Phi) is 5.24. The average molecular weight is 565 g/mol. The number of benzene rings is 6. The Bertz CT molecular complexity index is 2430. The third kappa shape index (κ3) is 3.69. The highest BCUT2D eigenvalue weighted by Crippen LogP contribution is 2.50. The zero-order chi connectivity index (χ0) is 29.4. The van der Waals surface area contributed by atoms with Crippen molar-refractivity contribution in [2.45, 2.75) is 19.3 Å². The predicted octanol–water partition coefficient (Wildman–Crippen LogP) is 10.8. The summed E-state index contributed by atoms with van der Waals surface area (Å²) in [5.41, 5.74) is 13.7. The number of rotatable bonds is 3. The molecule has 2 heterocycles. The highest BCUT2D eigenvalue weighted by atomic mass is 16.3. The van der Waals surface area contributed by atoms with Gasteiger partial charge in [0.05, 0.1) is 5.52 Å². The van der Waals surface area contributed by atoms with Crippen molar-refractivity contribution in [3.63, 3.8) is 0 Å². The molecule has 0 amide bonds. The molecule has 8 aromatic rings. The molecule has 0 fully saturated rings. The number of aromatic nitrogens is 2. The van der Waals surface area contributed by atoms with Gasteiger partial charge >= 0.3 is 0 Å². The van der Waals surface area contributed by atoms with Crippen LogP contribution in [0, 0.1) is 0 Å². The molecule has 0 aliphatic heterocycles. The zero-order valence-electron chi connectivity index (χ0n) is 24.5. The molecule has 0 saturated carbocycles. The largest absolute Gasteiger partial charge is 0.436 e. The molecule has 0 spiro atoms. The van der Waals surface area contributed by atoms with E-state index in [4.69, 9.17) is 9.40 Å². The fourth-order valence-corrected chi connectivity index (χ4v) is 7.10. The Morgan fingerprint density at radius 2 is 1.18 bits per heavy atom. The van der Waals surface area contributed by atoms with Crippen LogP contribution < -0.4 is 0 Å². The van der Waals surface area contributed by atoms with Gasteiger partial charge in [0.2, 0.25) is 5.89 Å². The molecule has 44 heavy (non-hydrogen) atoms. The molecule has 2 aromatic heterocycles. The van der Waals surface area contributed by atoms with Gasteiger partial charge < -0.3 is 4.42 Å². The maximum Gasteiger partial charge on any atom is 0.227 e. The fraction of sp³-hybridized carbons (Fsp3) is 0.0732. The Balaban J connectivity index is 1.14. The van der Waals surface area contributed by atoms with Gasteiger partial charge in [-0.25, -0.2) is 4.98 Å². The molecule has 1 aliphatic rings. The van der Waals surface area contributed by atoms with E-state index < -0.39 is 0 Å². The molecular weight excluding hydrogens is 536 g/mol. The number of hydrogen-bond acceptors (Lipinski definition) is 3. The van der Waals surface area contributed by atoms with E-state index in [0.717, 1.165) is 33.1 Å². The minimum atomic E-state index is -0.0350. The van der Waals surface area contributed by atoms with E-state index >= 15 is 0 Å². The van der Waals surface area contributed by atoms with Crippen LogP contribution in [-0.2, 0) is 5.41 Å². The average Bonchev–Trinajstić information content (AvgIpc) is 3.60. The van der Waals surface area contributed by atoms with Gasteiger partial charge in [0.15, 0.2) is 5.58 Å². The van der Waals surface area contributed by atoms with Crippen LogP contribution >= 0.6 is 0 Å². The number of hydrogen-bond donors (Lipinski definition) is 0. The molecule has 208 valence electrons. The zero-order valence-corrected chi connectivity index (χ0v) is 24.5. The van der Waals surface area contributed by atoms with Gasteiger partial charge in [0, 0.05) is 22.6 Å². The second kappa shape index (κ2) is 9.23. The van der Waals surface area contributed by atoms with E-state index in [0.29, 0.717) is 5.89 Å². The molecule has 0 unspecified atom stereocenters. The fourth-order valence-electron chi connectivity index (χ4n) is 7.10. The Labute approximate surface area is 255 Å². The number of oxazole rings is 1. The van der Waals surface area contributed by atoms with Gasteiger partial charge in [0.25, 0.3) is 0 Å². The third-order valence-electron chi connectivity index (χ3n) is 9.37. The van der Waals surface area contributed by atoms with Gasteiger partial charge in [-0.2, -0.15) is 0 Å². The smallest absolute Gasteiger partial charge is 0.227 e. The number of nitrogens with zero attached hydrogens (tertiary/aromatic N) is 2. The van der Waals surface area contributed by atoms with Crippen molar-refractivity contribution in [3.8, 4) is 44.8 Å². The minimum absolute atomic E-state index is 0.0350. The maximum absolute atomic E-state index is 6.33. The summed E-state index contributed by atoms with van der Waals surface area (Å²) < 4.78 is 6.33. The molecule has 3 heteroatoms. The Hall–Kier alpha value is -5.54. The first-order chi connectivity index (χ1) is 21.5. The standard InChI is InChI=1S/C41H28N2O/c1-41(2)35-12-6-5-11-33(35)34-16-13-25(23-36(34)41)29-17-18-30(32-10-4-3-9-31(29)32)26-14-20-38-39(24-26)44-40(43-38)28-15-19-37-27(22-28)8-7-21-42-37/h3-24H,1-2H3. The highest BCUT2D eigenvalue weighted by Gasteiger charge is 2.35. The summed E-state index contributed by atoms with van der Waals surface area (Å²) in [4.78, 5) is 9.24. The summed E-state index contributed by atoms with van der Waals surface area (Å²) in [5, 5.41) is 3.52. The van der Waals surface area contributed by atoms with E-state index in [1.54, 1.807) is 0 Å². The van der Waals surface area contributed by atoms with Gasteiger partial charge in [-0.3, -0.25) is 4.98 Å². The van der Waals surface area contributed by atoms with Crippen molar-refractivity contribution in [2.75, 3.05) is 0 Å². The second-order valence-electron chi connectivity index (χ2n) is 12.2. The van der Waals surface area contributed by atoms with E-state index in [1.807, 2.05) is 24.4 Å². The van der Waals surface area contributed by atoms with Crippen molar-refractivity contribution < 1.29 is 4.42 Å². The van der Waals surface area contributed by atoms with Crippen molar-refractivity contribution in [1.29, 1.82) is 0 Å². The van der Waals surface area contributed by atoms with Crippen LogP contribution in [-0.4, -0.2) is 9.97 Å². The summed E-state index contributed by atoms with van der Waals surface area (Å²) in [5.74, 6) is 0.616. The van der Waals surface area contributed by atoms with Gasteiger partial charge in [0.1, 0.15) is 5.52 Å². The quantitative estimate of drug-likeness (QED) is 0.214. The summed E-state index contributed by atoms with van der Waals surface area (Å²) in [6.45, 7) is 4.68. The molecule has 0 bridgehead atoms. The summed E-state index contributed by atoms with van der Waals surface area (Å²) in [6, 6.07) is 45.5. The van der Waals surface area contributed by atoms with Crippen LogP contribution in [0.2, 0.25) is 0 Å². The lowest BCUT2D eigenvalue weighted by atomic mass is 9.81. The van der Waals surface area contributed by atoms with Crippen molar-refractivity contribution in [1.82, 2.24) is 9.97 Å². The molecule has 9 rings (SSSR count). The van der Waals surface area contributed by atoms with E-state index in [9.17, 15) is 0 Å². The molecule has 3 nitrogen and oxygen atoms in total. The van der Waals surface area contributed by atoms with Crippen LogP contribution in [0.15, 0.2) is 138 Å². The van der Waals surface area contributed by atoms with Crippen molar-refractivity contribution in [2.24, 2.45) is 0 Å². The lowest BCUT2D eigenvalue weighted by Gasteiger charge is -2.22. The van der Waals surface area contributed by atoms with Crippen LogP contribution in [0.1, 0.15) is 25.0 Å². The topological polar surface area (TPSA) is 38.9 Å². The van der Waals surface area contributed by atoms with Crippen molar-refractivity contribution in [3.05, 3.63) is 145 Å². The minimum Gasteiger partial charge on any atom is -0.436 e. The lowest BCUT2D eigenvalue weighted by Crippen LogP contribution is -2.14. The molecular formula is C41H28N2O. The van der Waals surface area contributed by atoms with Crippen LogP contribution in [0.25, 0.3) is 77.6 Å². The van der Waals surface area contributed by atoms with E-state index in [2.05, 4.69) is 128 Å². The molecule has 1 aliphatic carbocycles. The molecule has 0 saturated heterocycles.